The molecule has 0 unspecified atom stereocenters. The van der Waals surface area contributed by atoms with Crippen molar-refractivity contribution in [3.63, 3.8) is 0 Å². The zero-order chi connectivity index (χ0) is 18.4. The number of nitriles is 1. The summed E-state index contributed by atoms with van der Waals surface area (Å²) >= 11 is 0. The van der Waals surface area contributed by atoms with Crippen molar-refractivity contribution in [3.8, 4) is 6.07 Å². The van der Waals surface area contributed by atoms with E-state index in [9.17, 15) is 8.78 Å². The second-order valence-corrected chi connectivity index (χ2v) is 7.77. The molecule has 0 atom stereocenters. The molecule has 2 aliphatic carbocycles. The Labute approximate surface area is 154 Å². The van der Waals surface area contributed by atoms with Gasteiger partial charge >= 0.3 is 0 Å². The second kappa shape index (κ2) is 9.28. The van der Waals surface area contributed by atoms with Gasteiger partial charge in [-0.05, 0) is 92.9 Å². The Bertz CT molecular complexity index is 633. The maximum atomic E-state index is 13.0. The van der Waals surface area contributed by atoms with E-state index in [2.05, 4.69) is 0 Å². The van der Waals surface area contributed by atoms with Crippen LogP contribution in [0.15, 0.2) is 36.2 Å². The van der Waals surface area contributed by atoms with Gasteiger partial charge in [-0.2, -0.15) is 9.65 Å². The van der Waals surface area contributed by atoms with Gasteiger partial charge in [-0.25, -0.2) is 4.39 Å². The molecule has 0 aliphatic heterocycles. The Balaban J connectivity index is 1.36. The average Bonchev–Trinajstić information content (AvgIpc) is 2.68. The summed E-state index contributed by atoms with van der Waals surface area (Å²) in [6, 6.07) is 8.49. The molecule has 0 radical (unpaired) electrons. The third-order valence-corrected chi connectivity index (χ3v) is 5.96. The quantitative estimate of drug-likeness (QED) is 0.599. The van der Waals surface area contributed by atoms with Gasteiger partial charge in [0.15, 0.2) is 5.83 Å². The summed E-state index contributed by atoms with van der Waals surface area (Å²) in [6.07, 6.45) is 10.0. The highest BCUT2D eigenvalue weighted by Gasteiger charge is 2.25. The van der Waals surface area contributed by atoms with Crippen LogP contribution in [0, 0.1) is 29.0 Å². The molecule has 0 aromatic heterocycles. The highest BCUT2D eigenvalue weighted by Crippen LogP contribution is 2.36. The number of benzene rings is 1. The van der Waals surface area contributed by atoms with E-state index in [1.807, 2.05) is 12.1 Å². The van der Waals surface area contributed by atoms with Crippen LogP contribution in [0.5, 0.6) is 0 Å². The van der Waals surface area contributed by atoms with Crippen molar-refractivity contribution in [3.05, 3.63) is 47.5 Å². The Morgan fingerprint density at radius 3 is 2.31 bits per heavy atom. The minimum absolute atomic E-state index is 0.170. The third kappa shape index (κ3) is 5.38. The maximum absolute atomic E-state index is 13.0. The van der Waals surface area contributed by atoms with Crippen LogP contribution in [-0.4, -0.2) is 12.7 Å². The third-order valence-electron chi connectivity index (χ3n) is 5.96. The summed E-state index contributed by atoms with van der Waals surface area (Å²) in [6.45, 7) is 0.813. The fraction of sp³-hybridized carbons (Fsp3) is 0.591. The number of nitrogens with zero attached hydrogens (tertiary/aromatic N) is 1. The molecule has 1 aromatic carbocycles. The van der Waals surface area contributed by atoms with Crippen molar-refractivity contribution in [1.29, 1.82) is 5.26 Å². The number of hydrogen-bond donors (Lipinski definition) is 0. The minimum atomic E-state index is -0.660. The van der Waals surface area contributed by atoms with Crippen LogP contribution in [0.25, 0.3) is 0 Å². The Kier molecular flexibility index (Phi) is 6.80. The molecule has 0 bridgehead atoms. The fourth-order valence-corrected chi connectivity index (χ4v) is 4.34. The lowest BCUT2D eigenvalue weighted by Crippen LogP contribution is -2.25. The maximum Gasteiger partial charge on any atom is 0.196 e. The van der Waals surface area contributed by atoms with Gasteiger partial charge < -0.3 is 4.74 Å². The van der Waals surface area contributed by atoms with Crippen LogP contribution in [0.1, 0.15) is 62.8 Å². The van der Waals surface area contributed by atoms with E-state index < -0.39 is 5.83 Å². The Morgan fingerprint density at radius 1 is 1.04 bits per heavy atom. The highest BCUT2D eigenvalue weighted by molar-refractivity contribution is 5.20. The van der Waals surface area contributed by atoms with Gasteiger partial charge in [0.1, 0.15) is 11.9 Å². The second-order valence-electron chi connectivity index (χ2n) is 7.77. The Morgan fingerprint density at radius 2 is 1.69 bits per heavy atom. The van der Waals surface area contributed by atoms with E-state index in [-0.39, 0.29) is 17.8 Å². The van der Waals surface area contributed by atoms with E-state index in [1.54, 1.807) is 18.2 Å². The zero-order valence-corrected chi connectivity index (χ0v) is 15.2. The van der Waals surface area contributed by atoms with E-state index in [0.717, 1.165) is 58.0 Å². The van der Waals surface area contributed by atoms with E-state index in [4.69, 9.17) is 10.00 Å². The van der Waals surface area contributed by atoms with Crippen molar-refractivity contribution >= 4 is 0 Å². The summed E-state index contributed by atoms with van der Waals surface area (Å²) in [5.74, 6) is 0.508. The molecule has 0 spiro atoms. The van der Waals surface area contributed by atoms with Crippen LogP contribution < -0.4 is 0 Å². The summed E-state index contributed by atoms with van der Waals surface area (Å²) < 4.78 is 32.2. The van der Waals surface area contributed by atoms with Crippen molar-refractivity contribution < 1.29 is 13.5 Å². The molecule has 0 heterocycles. The molecule has 1 aromatic rings. The summed E-state index contributed by atoms with van der Waals surface area (Å²) in [4.78, 5) is 0. The van der Waals surface area contributed by atoms with Crippen LogP contribution in [0.2, 0.25) is 0 Å². The lowest BCUT2D eigenvalue weighted by Gasteiger charge is -2.32. The first kappa shape index (κ1) is 19.0. The van der Waals surface area contributed by atoms with Gasteiger partial charge in [0.2, 0.25) is 0 Å². The number of ether oxygens (including phenoxy) is 1. The average molecular weight is 359 g/mol. The lowest BCUT2D eigenvalue weighted by atomic mass is 9.79. The predicted octanol–water partition coefficient (Wildman–Crippen LogP) is 6.05. The van der Waals surface area contributed by atoms with Crippen molar-refractivity contribution in [2.45, 2.75) is 63.4 Å². The molecule has 2 saturated carbocycles. The van der Waals surface area contributed by atoms with Gasteiger partial charge in [-0.1, -0.05) is 12.1 Å². The summed E-state index contributed by atoms with van der Waals surface area (Å²) in [5.41, 5.74) is 1.25. The Hall–Kier alpha value is -1.73. The molecule has 26 heavy (non-hydrogen) atoms. The van der Waals surface area contributed by atoms with Gasteiger partial charge in [0.25, 0.3) is 0 Å². The molecular weight excluding hydrogens is 332 g/mol. The number of hydrogen-bond acceptors (Lipinski definition) is 2. The molecule has 0 amide bonds. The van der Waals surface area contributed by atoms with Gasteiger partial charge in [-0.15, -0.1) is 0 Å². The SMILES string of the molecule is N#CC(F)=C[C@H]1CC[C@H](OC[C@H]2CC[C@H](c3ccc(F)cc3)CC2)CC1. The van der Waals surface area contributed by atoms with Gasteiger partial charge in [-0.3, -0.25) is 0 Å². The van der Waals surface area contributed by atoms with Crippen LogP contribution in [-0.2, 0) is 4.74 Å². The van der Waals surface area contributed by atoms with E-state index in [0.29, 0.717) is 11.8 Å². The molecule has 4 heteroatoms. The smallest absolute Gasteiger partial charge is 0.196 e. The molecule has 2 aliphatic rings. The van der Waals surface area contributed by atoms with Crippen LogP contribution in [0.3, 0.4) is 0 Å². The van der Waals surface area contributed by atoms with Gasteiger partial charge in [0.05, 0.1) is 6.10 Å². The minimum Gasteiger partial charge on any atom is -0.378 e. The highest BCUT2D eigenvalue weighted by atomic mass is 19.1. The van der Waals surface area contributed by atoms with E-state index in [1.165, 1.54) is 11.6 Å². The number of halogens is 2. The molecule has 140 valence electrons. The molecule has 2 fully saturated rings. The zero-order valence-electron chi connectivity index (χ0n) is 15.2. The van der Waals surface area contributed by atoms with E-state index >= 15 is 0 Å². The topological polar surface area (TPSA) is 33.0 Å². The summed E-state index contributed by atoms with van der Waals surface area (Å²) in [7, 11) is 0. The van der Waals surface area contributed by atoms with Crippen LogP contribution in [0.4, 0.5) is 8.78 Å². The lowest BCUT2D eigenvalue weighted by molar-refractivity contribution is -0.00465. The molecule has 0 N–H and O–H groups in total. The van der Waals surface area contributed by atoms with Gasteiger partial charge in [0, 0.05) is 6.61 Å². The molecule has 3 rings (SSSR count). The molecule has 0 saturated heterocycles. The standard InChI is InChI=1S/C22H27F2NO/c23-20-9-7-19(8-10-20)18-5-1-17(2-6-18)15-26-22-11-3-16(4-12-22)13-21(24)14-25/h7-10,13,16-18,22H,1-6,11-12,15H2/t16-,17-,18-,22-. The largest absolute Gasteiger partial charge is 0.378 e. The van der Waals surface area contributed by atoms with Crippen molar-refractivity contribution in [2.24, 2.45) is 11.8 Å². The number of rotatable bonds is 5. The monoisotopic (exact) mass is 359 g/mol. The molecular formula is C22H27F2NO. The first-order chi connectivity index (χ1) is 12.6. The first-order valence-corrected chi connectivity index (χ1v) is 9.78. The first-order valence-electron chi connectivity index (χ1n) is 9.78. The molecule has 2 nitrogen and oxygen atoms in total. The fourth-order valence-electron chi connectivity index (χ4n) is 4.34. The predicted molar refractivity (Wildman–Crippen MR) is 97.6 cm³/mol. The summed E-state index contributed by atoms with van der Waals surface area (Å²) in [5, 5.41) is 8.51. The van der Waals surface area contributed by atoms with Crippen molar-refractivity contribution in [2.75, 3.05) is 6.61 Å². The number of allylic oxidation sites excluding steroid dienone is 2. The van der Waals surface area contributed by atoms with Crippen LogP contribution >= 0.6 is 0 Å². The normalized spacial score (nSPS) is 30.0. The van der Waals surface area contributed by atoms with Crippen molar-refractivity contribution in [1.82, 2.24) is 0 Å².